The zero-order chi connectivity index (χ0) is 20.0. The lowest BCUT2D eigenvalue weighted by Crippen LogP contribution is -2.40. The summed E-state index contributed by atoms with van der Waals surface area (Å²) in [6.07, 6.45) is 0.187. The number of carbonyl (C=O) groups is 1. The standard InChI is InChI=1S/C20H24N2O5S/c1-2-27-19-9-8-17(28(24,25)22-10-12-26-13-11-22)15-18(19)21-20(23)14-16-6-4-3-5-7-16/h3-9,15H,2,10-14H2,1H3,(H,21,23). The van der Waals surface area contributed by atoms with Gasteiger partial charge >= 0.3 is 0 Å². The van der Waals surface area contributed by atoms with Gasteiger partial charge in [0.15, 0.2) is 0 Å². The molecule has 8 heteroatoms. The van der Waals surface area contributed by atoms with Crippen molar-refractivity contribution in [2.45, 2.75) is 18.2 Å². The van der Waals surface area contributed by atoms with E-state index in [2.05, 4.69) is 5.32 Å². The van der Waals surface area contributed by atoms with Crippen LogP contribution in [0.4, 0.5) is 5.69 Å². The Labute approximate surface area is 165 Å². The fraction of sp³-hybridized carbons (Fsp3) is 0.350. The van der Waals surface area contributed by atoms with Gasteiger partial charge in [-0.05, 0) is 30.7 Å². The summed E-state index contributed by atoms with van der Waals surface area (Å²) in [5.41, 5.74) is 1.21. The molecular weight excluding hydrogens is 380 g/mol. The Hall–Kier alpha value is -2.42. The van der Waals surface area contributed by atoms with Gasteiger partial charge in [-0.1, -0.05) is 30.3 Å². The van der Waals surface area contributed by atoms with Crippen LogP contribution in [0.2, 0.25) is 0 Å². The smallest absolute Gasteiger partial charge is 0.243 e. The van der Waals surface area contributed by atoms with Crippen molar-refractivity contribution in [3.8, 4) is 5.75 Å². The number of anilines is 1. The molecule has 0 aliphatic carbocycles. The number of nitrogens with one attached hydrogen (secondary N) is 1. The molecule has 1 heterocycles. The number of hydrogen-bond acceptors (Lipinski definition) is 5. The summed E-state index contributed by atoms with van der Waals surface area (Å²) in [5, 5.41) is 2.79. The maximum absolute atomic E-state index is 12.9. The Morgan fingerprint density at radius 2 is 1.86 bits per heavy atom. The molecule has 150 valence electrons. The summed E-state index contributed by atoms with van der Waals surface area (Å²) in [6.45, 7) is 3.59. The van der Waals surface area contributed by atoms with E-state index in [1.807, 2.05) is 37.3 Å². The highest BCUT2D eigenvalue weighted by Gasteiger charge is 2.27. The van der Waals surface area contributed by atoms with Gasteiger partial charge in [0.25, 0.3) is 0 Å². The first kappa shape index (κ1) is 20.3. The van der Waals surface area contributed by atoms with Crippen LogP contribution in [-0.4, -0.2) is 51.5 Å². The fourth-order valence-electron chi connectivity index (χ4n) is 2.96. The van der Waals surface area contributed by atoms with Crippen LogP contribution in [0.1, 0.15) is 12.5 Å². The summed E-state index contributed by atoms with van der Waals surface area (Å²) >= 11 is 0. The fourth-order valence-corrected chi connectivity index (χ4v) is 4.40. The second-order valence-corrected chi connectivity index (χ2v) is 8.26. The van der Waals surface area contributed by atoms with E-state index in [1.54, 1.807) is 6.07 Å². The van der Waals surface area contributed by atoms with E-state index >= 15 is 0 Å². The molecule has 0 unspecified atom stereocenters. The van der Waals surface area contributed by atoms with Gasteiger partial charge in [0.2, 0.25) is 15.9 Å². The second-order valence-electron chi connectivity index (χ2n) is 6.32. The Balaban J connectivity index is 1.84. The van der Waals surface area contributed by atoms with Crippen molar-refractivity contribution < 1.29 is 22.7 Å². The third-order valence-electron chi connectivity index (χ3n) is 4.34. The van der Waals surface area contributed by atoms with Crippen LogP contribution in [0.25, 0.3) is 0 Å². The minimum Gasteiger partial charge on any atom is -0.492 e. The molecule has 1 aliphatic rings. The molecule has 28 heavy (non-hydrogen) atoms. The first-order chi connectivity index (χ1) is 13.5. The van der Waals surface area contributed by atoms with Crippen LogP contribution in [0.15, 0.2) is 53.4 Å². The molecule has 7 nitrogen and oxygen atoms in total. The minimum absolute atomic E-state index is 0.118. The molecule has 0 spiro atoms. The Kier molecular flexibility index (Phi) is 6.66. The number of amides is 1. The molecule has 1 aliphatic heterocycles. The van der Waals surface area contributed by atoms with Crippen molar-refractivity contribution in [2.75, 3.05) is 38.2 Å². The Morgan fingerprint density at radius 3 is 2.54 bits per heavy atom. The summed E-state index contributed by atoms with van der Waals surface area (Å²) in [7, 11) is -3.66. The predicted molar refractivity (Wildman–Crippen MR) is 106 cm³/mol. The van der Waals surface area contributed by atoms with Crippen molar-refractivity contribution in [1.82, 2.24) is 4.31 Å². The van der Waals surface area contributed by atoms with Gasteiger partial charge in [0.1, 0.15) is 5.75 Å². The summed E-state index contributed by atoms with van der Waals surface area (Å²) < 4.78 is 38.0. The van der Waals surface area contributed by atoms with Crippen molar-refractivity contribution in [3.05, 3.63) is 54.1 Å². The van der Waals surface area contributed by atoms with Gasteiger partial charge in [-0.25, -0.2) is 8.42 Å². The van der Waals surface area contributed by atoms with Gasteiger partial charge in [0, 0.05) is 13.1 Å². The van der Waals surface area contributed by atoms with E-state index in [-0.39, 0.29) is 17.2 Å². The molecular formula is C20H24N2O5S. The van der Waals surface area contributed by atoms with Crippen molar-refractivity contribution in [3.63, 3.8) is 0 Å². The van der Waals surface area contributed by atoms with Crippen molar-refractivity contribution in [1.29, 1.82) is 0 Å². The van der Waals surface area contributed by atoms with Crippen LogP contribution >= 0.6 is 0 Å². The number of sulfonamides is 1. The van der Waals surface area contributed by atoms with Crippen LogP contribution in [0.3, 0.4) is 0 Å². The van der Waals surface area contributed by atoms with Crippen LogP contribution in [0.5, 0.6) is 5.75 Å². The highest BCUT2D eigenvalue weighted by molar-refractivity contribution is 7.89. The Bertz CT molecular complexity index is 909. The molecule has 1 fully saturated rings. The first-order valence-corrected chi connectivity index (χ1v) is 10.6. The zero-order valence-electron chi connectivity index (χ0n) is 15.8. The summed E-state index contributed by atoms with van der Waals surface area (Å²) in [5.74, 6) is 0.193. The number of carbonyl (C=O) groups excluding carboxylic acids is 1. The van der Waals surface area contributed by atoms with Crippen LogP contribution in [0, 0.1) is 0 Å². The average Bonchev–Trinajstić information content (AvgIpc) is 2.70. The van der Waals surface area contributed by atoms with Gasteiger partial charge in [-0.15, -0.1) is 0 Å². The van der Waals surface area contributed by atoms with E-state index in [0.29, 0.717) is 44.3 Å². The Morgan fingerprint density at radius 1 is 1.14 bits per heavy atom. The number of rotatable bonds is 7. The maximum Gasteiger partial charge on any atom is 0.243 e. The minimum atomic E-state index is -3.66. The van der Waals surface area contributed by atoms with E-state index in [9.17, 15) is 13.2 Å². The lowest BCUT2D eigenvalue weighted by Gasteiger charge is -2.26. The van der Waals surface area contributed by atoms with Gasteiger partial charge < -0.3 is 14.8 Å². The number of morpholine rings is 1. The molecule has 3 rings (SSSR count). The molecule has 1 saturated heterocycles. The lowest BCUT2D eigenvalue weighted by atomic mass is 10.1. The number of ether oxygens (including phenoxy) is 2. The number of hydrogen-bond donors (Lipinski definition) is 1. The van der Waals surface area contributed by atoms with Crippen LogP contribution in [-0.2, 0) is 26.0 Å². The highest BCUT2D eigenvalue weighted by Crippen LogP contribution is 2.29. The van der Waals surface area contributed by atoms with Crippen LogP contribution < -0.4 is 10.1 Å². The molecule has 0 bridgehead atoms. The molecule has 1 amide bonds. The molecule has 0 aromatic heterocycles. The molecule has 0 saturated carbocycles. The van der Waals surface area contributed by atoms with Crippen molar-refractivity contribution >= 4 is 21.6 Å². The van der Waals surface area contributed by atoms with E-state index in [1.165, 1.54) is 16.4 Å². The van der Waals surface area contributed by atoms with E-state index in [4.69, 9.17) is 9.47 Å². The van der Waals surface area contributed by atoms with Gasteiger partial charge in [0.05, 0.1) is 36.8 Å². The lowest BCUT2D eigenvalue weighted by molar-refractivity contribution is -0.115. The molecule has 2 aromatic carbocycles. The summed E-state index contributed by atoms with van der Waals surface area (Å²) in [6, 6.07) is 13.9. The molecule has 2 aromatic rings. The molecule has 1 N–H and O–H groups in total. The third-order valence-corrected chi connectivity index (χ3v) is 6.23. The van der Waals surface area contributed by atoms with Gasteiger partial charge in [-0.3, -0.25) is 4.79 Å². The maximum atomic E-state index is 12.9. The van der Waals surface area contributed by atoms with Gasteiger partial charge in [-0.2, -0.15) is 4.31 Å². The van der Waals surface area contributed by atoms with Crippen molar-refractivity contribution in [2.24, 2.45) is 0 Å². The predicted octanol–water partition coefficient (Wildman–Crippen LogP) is 2.29. The van der Waals surface area contributed by atoms with E-state index < -0.39 is 10.0 Å². The quantitative estimate of drug-likeness (QED) is 0.765. The molecule has 0 atom stereocenters. The largest absolute Gasteiger partial charge is 0.492 e. The topological polar surface area (TPSA) is 84.9 Å². The average molecular weight is 404 g/mol. The number of benzene rings is 2. The monoisotopic (exact) mass is 404 g/mol. The normalized spacial score (nSPS) is 15.2. The SMILES string of the molecule is CCOc1ccc(S(=O)(=O)N2CCOCC2)cc1NC(=O)Cc1ccccc1. The first-order valence-electron chi connectivity index (χ1n) is 9.19. The molecule has 0 radical (unpaired) electrons. The number of nitrogens with zero attached hydrogens (tertiary/aromatic N) is 1. The summed E-state index contributed by atoms with van der Waals surface area (Å²) in [4.78, 5) is 12.6. The highest BCUT2D eigenvalue weighted by atomic mass is 32.2. The van der Waals surface area contributed by atoms with E-state index in [0.717, 1.165) is 5.56 Å². The zero-order valence-corrected chi connectivity index (χ0v) is 16.6. The second kappa shape index (κ2) is 9.18. The third kappa shape index (κ3) is 4.89.